The molecule has 0 bridgehead atoms. The molecule has 0 atom stereocenters. The molecule has 0 radical (unpaired) electrons. The molecule has 0 amide bonds. The van der Waals surface area contributed by atoms with E-state index in [2.05, 4.69) is 0 Å². The van der Waals surface area contributed by atoms with Gasteiger partial charge in [0.05, 0.1) is 12.7 Å². The Morgan fingerprint density at radius 3 is 2.63 bits per heavy atom. The molecule has 0 aromatic heterocycles. The number of benzene rings is 2. The van der Waals surface area contributed by atoms with Crippen LogP contribution in [0.4, 0.5) is 0 Å². The highest BCUT2D eigenvalue weighted by Crippen LogP contribution is 2.37. The number of fused-ring (bicyclic) bond motifs is 1. The largest absolute Gasteiger partial charge is 0.492 e. The predicted octanol–water partition coefficient (Wildman–Crippen LogP) is 3.14. The quantitative estimate of drug-likeness (QED) is 0.915. The maximum atomic E-state index is 10.1. The third-order valence-corrected chi connectivity index (χ3v) is 3.83. The minimum absolute atomic E-state index is 0.335. The zero-order valence-electron chi connectivity index (χ0n) is 11.1. The number of rotatable bonds is 4. The Morgan fingerprint density at radius 2 is 1.95 bits per heavy atom. The van der Waals surface area contributed by atoms with Crippen molar-refractivity contribution in [2.24, 2.45) is 0 Å². The molecule has 0 aliphatic heterocycles. The van der Waals surface area contributed by atoms with Gasteiger partial charge in [-0.2, -0.15) is 0 Å². The van der Waals surface area contributed by atoms with Gasteiger partial charge in [-0.15, -0.1) is 0 Å². The van der Waals surface area contributed by atoms with Crippen molar-refractivity contribution in [2.75, 3.05) is 13.7 Å². The number of aliphatic hydroxyl groups is 1. The number of hydrogen-bond acceptors (Lipinski definition) is 3. The summed E-state index contributed by atoms with van der Waals surface area (Å²) in [6.45, 7) is 0.335. The Labute approximate surface area is 112 Å². The van der Waals surface area contributed by atoms with E-state index in [1.165, 1.54) is 0 Å². The van der Waals surface area contributed by atoms with Gasteiger partial charge in [0.1, 0.15) is 6.61 Å². The molecular weight excluding hydrogens is 240 g/mol. The molecule has 0 saturated heterocycles. The number of ether oxygens (including phenoxy) is 2. The lowest BCUT2D eigenvalue weighted by Gasteiger charge is -2.36. The van der Waals surface area contributed by atoms with Crippen molar-refractivity contribution in [1.82, 2.24) is 0 Å². The fourth-order valence-corrected chi connectivity index (χ4v) is 2.49. The third kappa shape index (κ3) is 2.26. The van der Waals surface area contributed by atoms with Crippen LogP contribution >= 0.6 is 0 Å². The lowest BCUT2D eigenvalue weighted by atomic mass is 9.81. The van der Waals surface area contributed by atoms with Crippen molar-refractivity contribution in [3.8, 4) is 11.5 Å². The molecule has 1 N–H and O–H groups in total. The van der Waals surface area contributed by atoms with E-state index < -0.39 is 5.60 Å². The highest BCUT2D eigenvalue weighted by atomic mass is 16.5. The van der Waals surface area contributed by atoms with Gasteiger partial charge in [-0.05, 0) is 30.7 Å². The summed E-state index contributed by atoms with van der Waals surface area (Å²) in [6.07, 6.45) is 2.72. The second-order valence-corrected chi connectivity index (χ2v) is 5.18. The average molecular weight is 258 g/mol. The van der Waals surface area contributed by atoms with Gasteiger partial charge in [0, 0.05) is 5.39 Å². The Morgan fingerprint density at radius 1 is 1.16 bits per heavy atom. The van der Waals surface area contributed by atoms with Gasteiger partial charge in [-0.25, -0.2) is 0 Å². The molecule has 3 heteroatoms. The molecule has 3 rings (SSSR count). The van der Waals surface area contributed by atoms with E-state index in [-0.39, 0.29) is 0 Å². The topological polar surface area (TPSA) is 38.7 Å². The van der Waals surface area contributed by atoms with E-state index in [0.717, 1.165) is 35.8 Å². The summed E-state index contributed by atoms with van der Waals surface area (Å²) in [4.78, 5) is 0. The van der Waals surface area contributed by atoms with Crippen LogP contribution in [0, 0.1) is 0 Å². The van der Waals surface area contributed by atoms with Gasteiger partial charge in [-0.3, -0.25) is 0 Å². The fourth-order valence-electron chi connectivity index (χ4n) is 2.49. The molecule has 1 fully saturated rings. The zero-order valence-corrected chi connectivity index (χ0v) is 11.1. The summed E-state index contributed by atoms with van der Waals surface area (Å²) in [5.74, 6) is 1.43. The minimum Gasteiger partial charge on any atom is -0.492 e. The maximum absolute atomic E-state index is 10.1. The van der Waals surface area contributed by atoms with Crippen molar-refractivity contribution in [3.05, 3.63) is 36.4 Å². The molecule has 2 aromatic carbocycles. The summed E-state index contributed by atoms with van der Waals surface area (Å²) >= 11 is 0. The molecule has 0 spiro atoms. The molecule has 19 heavy (non-hydrogen) atoms. The lowest BCUT2D eigenvalue weighted by molar-refractivity contribution is -0.0666. The monoisotopic (exact) mass is 258 g/mol. The lowest BCUT2D eigenvalue weighted by Crippen LogP contribution is -2.42. The van der Waals surface area contributed by atoms with E-state index in [9.17, 15) is 5.11 Å². The van der Waals surface area contributed by atoms with Crippen molar-refractivity contribution in [3.63, 3.8) is 0 Å². The highest BCUT2D eigenvalue weighted by Gasteiger charge is 2.35. The summed E-state index contributed by atoms with van der Waals surface area (Å²) in [5, 5.41) is 12.2. The van der Waals surface area contributed by atoms with Crippen LogP contribution in [0.3, 0.4) is 0 Å². The molecule has 1 aliphatic carbocycles. The molecule has 3 nitrogen and oxygen atoms in total. The first-order valence-electron chi connectivity index (χ1n) is 6.63. The van der Waals surface area contributed by atoms with Crippen LogP contribution in [0.25, 0.3) is 10.8 Å². The Bertz CT molecular complexity index is 588. The van der Waals surface area contributed by atoms with Crippen molar-refractivity contribution in [2.45, 2.75) is 24.9 Å². The third-order valence-electron chi connectivity index (χ3n) is 3.83. The van der Waals surface area contributed by atoms with Crippen LogP contribution in [0.5, 0.6) is 11.5 Å². The molecule has 0 heterocycles. The van der Waals surface area contributed by atoms with Gasteiger partial charge in [0.25, 0.3) is 0 Å². The van der Waals surface area contributed by atoms with E-state index in [1.54, 1.807) is 7.11 Å². The Balaban J connectivity index is 1.90. The van der Waals surface area contributed by atoms with Crippen molar-refractivity contribution >= 4 is 10.8 Å². The molecule has 2 aromatic rings. The van der Waals surface area contributed by atoms with Crippen LogP contribution in [0.1, 0.15) is 19.3 Å². The van der Waals surface area contributed by atoms with Crippen LogP contribution in [0.15, 0.2) is 36.4 Å². The summed E-state index contributed by atoms with van der Waals surface area (Å²) in [5.41, 5.74) is -0.642. The SMILES string of the molecule is COc1c(OCC2(O)CCC2)ccc2ccccc12. The van der Waals surface area contributed by atoms with Crippen LogP contribution in [0.2, 0.25) is 0 Å². The van der Waals surface area contributed by atoms with Gasteiger partial charge in [-0.1, -0.05) is 30.3 Å². The minimum atomic E-state index is -0.642. The second kappa shape index (κ2) is 4.74. The predicted molar refractivity (Wildman–Crippen MR) is 74.8 cm³/mol. The fraction of sp³-hybridized carbons (Fsp3) is 0.375. The van der Waals surface area contributed by atoms with Gasteiger partial charge in [0.2, 0.25) is 0 Å². The van der Waals surface area contributed by atoms with E-state index in [0.29, 0.717) is 12.4 Å². The van der Waals surface area contributed by atoms with Crippen LogP contribution in [-0.4, -0.2) is 24.4 Å². The van der Waals surface area contributed by atoms with Crippen molar-refractivity contribution < 1.29 is 14.6 Å². The zero-order chi connectivity index (χ0) is 13.3. The van der Waals surface area contributed by atoms with E-state index >= 15 is 0 Å². The first-order chi connectivity index (χ1) is 9.22. The second-order valence-electron chi connectivity index (χ2n) is 5.18. The number of methoxy groups -OCH3 is 1. The first-order valence-corrected chi connectivity index (χ1v) is 6.63. The molecule has 0 unspecified atom stereocenters. The summed E-state index contributed by atoms with van der Waals surface area (Å²) in [7, 11) is 1.65. The smallest absolute Gasteiger partial charge is 0.168 e. The maximum Gasteiger partial charge on any atom is 0.168 e. The molecule has 1 aliphatic rings. The molecule has 1 saturated carbocycles. The molecular formula is C16H18O3. The van der Waals surface area contributed by atoms with Crippen LogP contribution < -0.4 is 9.47 Å². The summed E-state index contributed by atoms with van der Waals surface area (Å²) in [6, 6.07) is 12.0. The summed E-state index contributed by atoms with van der Waals surface area (Å²) < 4.78 is 11.2. The number of hydrogen-bond donors (Lipinski definition) is 1. The van der Waals surface area contributed by atoms with Gasteiger partial charge in [0.15, 0.2) is 11.5 Å². The average Bonchev–Trinajstić information content (AvgIpc) is 2.42. The van der Waals surface area contributed by atoms with Gasteiger partial charge < -0.3 is 14.6 Å². The van der Waals surface area contributed by atoms with E-state index in [4.69, 9.17) is 9.47 Å². The Kier molecular flexibility index (Phi) is 3.07. The Hall–Kier alpha value is -1.74. The standard InChI is InChI=1S/C16H18O3/c1-18-15-13-6-3-2-5-12(13)7-8-14(15)19-11-16(17)9-4-10-16/h2-3,5-8,17H,4,9-11H2,1H3. The van der Waals surface area contributed by atoms with Crippen LogP contribution in [-0.2, 0) is 0 Å². The first kappa shape index (κ1) is 12.3. The van der Waals surface area contributed by atoms with Crippen molar-refractivity contribution in [1.29, 1.82) is 0 Å². The highest BCUT2D eigenvalue weighted by molar-refractivity contribution is 5.90. The molecule has 100 valence electrons. The van der Waals surface area contributed by atoms with E-state index in [1.807, 2.05) is 36.4 Å². The normalized spacial score (nSPS) is 16.9. The van der Waals surface area contributed by atoms with Gasteiger partial charge >= 0.3 is 0 Å².